The van der Waals surface area contributed by atoms with Crippen molar-refractivity contribution in [3.63, 3.8) is 0 Å². The first kappa shape index (κ1) is 12.4. The van der Waals surface area contributed by atoms with Crippen molar-refractivity contribution in [1.29, 1.82) is 0 Å². The molecule has 0 aliphatic heterocycles. The lowest BCUT2D eigenvalue weighted by Gasteiger charge is -2.07. The van der Waals surface area contributed by atoms with Crippen LogP contribution in [-0.4, -0.2) is 9.55 Å². The first-order chi connectivity index (χ1) is 9.06. The fourth-order valence-corrected chi connectivity index (χ4v) is 2.49. The minimum atomic E-state index is -0.372. The van der Waals surface area contributed by atoms with Gasteiger partial charge in [0.2, 0.25) is 5.95 Å². The summed E-state index contributed by atoms with van der Waals surface area (Å²) in [7, 11) is 0. The Morgan fingerprint density at radius 3 is 2.79 bits per heavy atom. The molecular formula is C13H8BrClFN3. The third-order valence-electron chi connectivity index (χ3n) is 2.79. The number of benzene rings is 2. The van der Waals surface area contributed by atoms with Crippen molar-refractivity contribution in [3.8, 4) is 5.69 Å². The van der Waals surface area contributed by atoms with Gasteiger partial charge in [-0.1, -0.05) is 17.7 Å². The summed E-state index contributed by atoms with van der Waals surface area (Å²) in [4.78, 5) is 4.16. The summed E-state index contributed by atoms with van der Waals surface area (Å²) in [6.07, 6.45) is 0. The topological polar surface area (TPSA) is 43.8 Å². The molecule has 0 fully saturated rings. The van der Waals surface area contributed by atoms with Crippen molar-refractivity contribution >= 4 is 44.5 Å². The van der Waals surface area contributed by atoms with Gasteiger partial charge in [-0.05, 0) is 40.2 Å². The van der Waals surface area contributed by atoms with Crippen LogP contribution in [0.15, 0.2) is 40.9 Å². The minimum absolute atomic E-state index is 0.287. The summed E-state index contributed by atoms with van der Waals surface area (Å²) in [5.41, 5.74) is 7.90. The molecule has 0 radical (unpaired) electrons. The molecule has 3 rings (SSSR count). The number of halogens is 3. The zero-order chi connectivity index (χ0) is 13.6. The maximum absolute atomic E-state index is 13.5. The number of hydrogen-bond donors (Lipinski definition) is 1. The Hall–Kier alpha value is -1.59. The third-order valence-corrected chi connectivity index (χ3v) is 3.63. The van der Waals surface area contributed by atoms with E-state index in [2.05, 4.69) is 20.9 Å². The highest BCUT2D eigenvalue weighted by Crippen LogP contribution is 2.28. The highest BCUT2D eigenvalue weighted by atomic mass is 79.9. The van der Waals surface area contributed by atoms with Crippen LogP contribution in [-0.2, 0) is 0 Å². The molecule has 96 valence electrons. The van der Waals surface area contributed by atoms with Crippen LogP contribution in [0.25, 0.3) is 16.7 Å². The number of rotatable bonds is 1. The Morgan fingerprint density at radius 1 is 1.26 bits per heavy atom. The number of nitrogen functional groups attached to an aromatic ring is 1. The van der Waals surface area contributed by atoms with E-state index in [-0.39, 0.29) is 11.8 Å². The molecule has 0 atom stereocenters. The molecule has 0 amide bonds. The van der Waals surface area contributed by atoms with E-state index < -0.39 is 0 Å². The van der Waals surface area contributed by atoms with E-state index in [1.54, 1.807) is 22.8 Å². The van der Waals surface area contributed by atoms with Crippen LogP contribution in [0.4, 0.5) is 10.3 Å². The van der Waals surface area contributed by atoms with Crippen LogP contribution >= 0.6 is 27.5 Å². The van der Waals surface area contributed by atoms with Gasteiger partial charge in [0.05, 0.1) is 21.2 Å². The van der Waals surface area contributed by atoms with Crippen LogP contribution in [0.2, 0.25) is 5.02 Å². The zero-order valence-corrected chi connectivity index (χ0v) is 11.9. The van der Waals surface area contributed by atoms with E-state index in [0.717, 1.165) is 5.69 Å². The summed E-state index contributed by atoms with van der Waals surface area (Å²) in [5, 5.41) is 0.597. The van der Waals surface area contributed by atoms with E-state index in [9.17, 15) is 4.39 Å². The first-order valence-electron chi connectivity index (χ1n) is 5.45. The van der Waals surface area contributed by atoms with Crippen molar-refractivity contribution in [1.82, 2.24) is 9.55 Å². The third kappa shape index (κ3) is 2.09. The second-order valence-electron chi connectivity index (χ2n) is 4.04. The average molecular weight is 341 g/mol. The SMILES string of the molecule is Nc1nc2cc(F)c(Br)cc2n1-c1cccc(Cl)c1. The van der Waals surface area contributed by atoms with Crippen molar-refractivity contribution in [3.05, 3.63) is 51.7 Å². The van der Waals surface area contributed by atoms with Crippen molar-refractivity contribution in [2.45, 2.75) is 0 Å². The second kappa shape index (κ2) is 4.51. The normalized spacial score (nSPS) is 11.1. The molecule has 0 aliphatic rings. The molecule has 0 saturated heterocycles. The van der Waals surface area contributed by atoms with Gasteiger partial charge in [-0.2, -0.15) is 0 Å². The lowest BCUT2D eigenvalue weighted by atomic mass is 10.2. The number of nitrogens with two attached hydrogens (primary N) is 1. The highest BCUT2D eigenvalue weighted by Gasteiger charge is 2.13. The molecule has 0 saturated carbocycles. The summed E-state index contributed by atoms with van der Waals surface area (Å²) >= 11 is 9.14. The lowest BCUT2D eigenvalue weighted by Crippen LogP contribution is -2.00. The van der Waals surface area contributed by atoms with Gasteiger partial charge in [-0.3, -0.25) is 4.57 Å². The van der Waals surface area contributed by atoms with Crippen LogP contribution in [0.1, 0.15) is 0 Å². The van der Waals surface area contributed by atoms with Gasteiger partial charge >= 0.3 is 0 Å². The Bertz CT molecular complexity index is 785. The average Bonchev–Trinajstić information content (AvgIpc) is 2.65. The number of aromatic nitrogens is 2. The molecule has 2 aromatic carbocycles. The van der Waals surface area contributed by atoms with Gasteiger partial charge < -0.3 is 5.73 Å². The molecule has 6 heteroatoms. The van der Waals surface area contributed by atoms with Crippen LogP contribution in [0.5, 0.6) is 0 Å². The van der Waals surface area contributed by atoms with Crippen molar-refractivity contribution in [2.75, 3.05) is 5.73 Å². The maximum atomic E-state index is 13.5. The summed E-state index contributed by atoms with van der Waals surface area (Å²) in [6, 6.07) is 10.2. The number of nitrogens with zero attached hydrogens (tertiary/aromatic N) is 2. The van der Waals surface area contributed by atoms with Gasteiger partial charge in [-0.25, -0.2) is 9.37 Å². The fourth-order valence-electron chi connectivity index (χ4n) is 1.98. The fraction of sp³-hybridized carbons (Fsp3) is 0. The molecule has 0 aliphatic carbocycles. The maximum Gasteiger partial charge on any atom is 0.205 e. The number of imidazole rings is 1. The van der Waals surface area contributed by atoms with Gasteiger partial charge in [-0.15, -0.1) is 0 Å². The molecule has 19 heavy (non-hydrogen) atoms. The van der Waals surface area contributed by atoms with Crippen LogP contribution in [0, 0.1) is 5.82 Å². The van der Waals surface area contributed by atoms with Crippen LogP contribution in [0.3, 0.4) is 0 Å². The standard InChI is InChI=1S/C13H8BrClFN3/c14-9-5-12-11(6-10(9)16)18-13(17)19(12)8-3-1-2-7(15)4-8/h1-6H,(H2,17,18). The second-order valence-corrected chi connectivity index (χ2v) is 5.33. The highest BCUT2D eigenvalue weighted by molar-refractivity contribution is 9.10. The number of hydrogen-bond acceptors (Lipinski definition) is 2. The molecule has 3 nitrogen and oxygen atoms in total. The predicted molar refractivity (Wildman–Crippen MR) is 78.2 cm³/mol. The molecular weight excluding hydrogens is 333 g/mol. The van der Waals surface area contributed by atoms with Crippen LogP contribution < -0.4 is 5.73 Å². The molecule has 2 N–H and O–H groups in total. The number of fused-ring (bicyclic) bond motifs is 1. The van der Waals surface area contributed by atoms with E-state index in [1.165, 1.54) is 6.07 Å². The molecule has 1 aromatic heterocycles. The minimum Gasteiger partial charge on any atom is -0.369 e. The van der Waals surface area contributed by atoms with Crippen molar-refractivity contribution < 1.29 is 4.39 Å². The molecule has 1 heterocycles. The summed E-state index contributed by atoms with van der Waals surface area (Å²) in [5.74, 6) is -0.0852. The Balaban J connectivity index is 2.34. The first-order valence-corrected chi connectivity index (χ1v) is 6.62. The molecule has 0 spiro atoms. The summed E-state index contributed by atoms with van der Waals surface area (Å²) in [6.45, 7) is 0. The smallest absolute Gasteiger partial charge is 0.205 e. The van der Waals surface area contributed by atoms with Gasteiger partial charge in [0, 0.05) is 11.1 Å². The molecule has 0 bridgehead atoms. The Morgan fingerprint density at radius 2 is 2.05 bits per heavy atom. The lowest BCUT2D eigenvalue weighted by molar-refractivity contribution is 0.623. The Kier molecular flexibility index (Phi) is 2.95. The number of anilines is 1. The predicted octanol–water partition coefficient (Wildman–Crippen LogP) is 4.16. The van der Waals surface area contributed by atoms with Crippen molar-refractivity contribution in [2.24, 2.45) is 0 Å². The van der Waals surface area contributed by atoms with Gasteiger partial charge in [0.25, 0.3) is 0 Å². The zero-order valence-electron chi connectivity index (χ0n) is 9.57. The molecule has 3 aromatic rings. The Labute approximate surface area is 121 Å². The van der Waals surface area contributed by atoms with E-state index in [4.69, 9.17) is 17.3 Å². The monoisotopic (exact) mass is 339 g/mol. The summed E-state index contributed by atoms with van der Waals surface area (Å²) < 4.78 is 15.6. The van der Waals surface area contributed by atoms with E-state index in [1.807, 2.05) is 12.1 Å². The van der Waals surface area contributed by atoms with Gasteiger partial charge in [0.1, 0.15) is 5.82 Å². The van der Waals surface area contributed by atoms with Gasteiger partial charge in [0.15, 0.2) is 0 Å². The van der Waals surface area contributed by atoms with E-state index in [0.29, 0.717) is 20.5 Å². The largest absolute Gasteiger partial charge is 0.369 e. The van der Waals surface area contributed by atoms with E-state index >= 15 is 0 Å². The quantitative estimate of drug-likeness (QED) is 0.723. The molecule has 0 unspecified atom stereocenters.